The van der Waals surface area contributed by atoms with E-state index in [9.17, 15) is 5.11 Å². The van der Waals surface area contributed by atoms with Crippen LogP contribution in [0.3, 0.4) is 0 Å². The Morgan fingerprint density at radius 1 is 1.00 bits per heavy atom. The standard InChI is InChI=1S/C20H15BrINO3/c1-25-17-3-2-4-18(11-17)26-16-7-5-15(6-8-16)23-12-13-9-14(21)10-19(22)20(13)24/h2-12,24H,1H3. The van der Waals surface area contributed by atoms with Crippen molar-refractivity contribution in [2.45, 2.75) is 0 Å². The molecule has 0 radical (unpaired) electrons. The van der Waals surface area contributed by atoms with E-state index in [1.54, 1.807) is 13.3 Å². The minimum absolute atomic E-state index is 0.218. The molecule has 0 saturated heterocycles. The molecule has 4 nitrogen and oxygen atoms in total. The van der Waals surface area contributed by atoms with Crippen LogP contribution in [0.1, 0.15) is 5.56 Å². The molecule has 0 aliphatic rings. The summed E-state index contributed by atoms with van der Waals surface area (Å²) in [7, 11) is 1.62. The van der Waals surface area contributed by atoms with Crippen LogP contribution in [-0.2, 0) is 0 Å². The summed E-state index contributed by atoms with van der Waals surface area (Å²) in [5.74, 6) is 2.37. The molecule has 0 spiro atoms. The van der Waals surface area contributed by atoms with Gasteiger partial charge >= 0.3 is 0 Å². The molecule has 0 unspecified atom stereocenters. The molecule has 0 aliphatic carbocycles. The van der Waals surface area contributed by atoms with E-state index in [-0.39, 0.29) is 5.75 Å². The van der Waals surface area contributed by atoms with Gasteiger partial charge in [-0.1, -0.05) is 22.0 Å². The summed E-state index contributed by atoms with van der Waals surface area (Å²) in [5.41, 5.74) is 1.41. The van der Waals surface area contributed by atoms with Crippen LogP contribution in [0, 0.1) is 3.57 Å². The van der Waals surface area contributed by atoms with Gasteiger partial charge in [0.05, 0.1) is 16.4 Å². The van der Waals surface area contributed by atoms with Crippen LogP contribution in [0.25, 0.3) is 0 Å². The number of benzene rings is 3. The molecule has 0 heterocycles. The fraction of sp³-hybridized carbons (Fsp3) is 0.0500. The molecule has 0 fully saturated rings. The third-order valence-electron chi connectivity index (χ3n) is 3.52. The molecular weight excluding hydrogens is 509 g/mol. The minimum Gasteiger partial charge on any atom is -0.506 e. The maximum absolute atomic E-state index is 10.1. The first-order chi connectivity index (χ1) is 12.5. The first-order valence-corrected chi connectivity index (χ1v) is 9.56. The number of phenolic OH excluding ortho intramolecular Hbond substituents is 1. The van der Waals surface area contributed by atoms with Crippen molar-refractivity contribution in [2.75, 3.05) is 7.11 Å². The predicted molar refractivity (Wildman–Crippen MR) is 115 cm³/mol. The summed E-state index contributed by atoms with van der Waals surface area (Å²) in [5, 5.41) is 10.1. The maximum Gasteiger partial charge on any atom is 0.137 e. The SMILES string of the molecule is COc1cccc(Oc2ccc(N=Cc3cc(Br)cc(I)c3O)cc2)c1. The molecule has 0 aliphatic heterocycles. The topological polar surface area (TPSA) is 51.0 Å². The summed E-state index contributed by atoms with van der Waals surface area (Å²) in [6.07, 6.45) is 1.64. The Balaban J connectivity index is 1.73. The van der Waals surface area contributed by atoms with Crippen LogP contribution in [0.5, 0.6) is 23.0 Å². The summed E-state index contributed by atoms with van der Waals surface area (Å²) in [6, 6.07) is 18.5. The lowest BCUT2D eigenvalue weighted by Gasteiger charge is -2.07. The van der Waals surface area contributed by atoms with Gasteiger partial charge in [-0.3, -0.25) is 4.99 Å². The molecule has 1 N–H and O–H groups in total. The van der Waals surface area contributed by atoms with Gasteiger partial charge < -0.3 is 14.6 Å². The number of nitrogens with zero attached hydrogens (tertiary/aromatic N) is 1. The first-order valence-electron chi connectivity index (χ1n) is 7.69. The lowest BCUT2D eigenvalue weighted by Crippen LogP contribution is -1.87. The minimum atomic E-state index is 0.218. The quantitative estimate of drug-likeness (QED) is 0.315. The van der Waals surface area contributed by atoms with Crippen LogP contribution in [0.4, 0.5) is 5.69 Å². The maximum atomic E-state index is 10.1. The third-order valence-corrected chi connectivity index (χ3v) is 4.80. The van der Waals surface area contributed by atoms with Gasteiger partial charge in [-0.25, -0.2) is 0 Å². The second-order valence-electron chi connectivity index (χ2n) is 5.36. The monoisotopic (exact) mass is 523 g/mol. The molecular formula is C20H15BrINO3. The van der Waals surface area contributed by atoms with Crippen molar-refractivity contribution in [3.8, 4) is 23.0 Å². The van der Waals surface area contributed by atoms with E-state index in [0.29, 0.717) is 17.1 Å². The Morgan fingerprint density at radius 3 is 2.46 bits per heavy atom. The smallest absolute Gasteiger partial charge is 0.137 e. The van der Waals surface area contributed by atoms with Gasteiger partial charge in [0.1, 0.15) is 23.0 Å². The number of phenols is 1. The highest BCUT2D eigenvalue weighted by atomic mass is 127. The zero-order valence-electron chi connectivity index (χ0n) is 13.8. The molecule has 6 heteroatoms. The van der Waals surface area contributed by atoms with Crippen LogP contribution in [-0.4, -0.2) is 18.4 Å². The first kappa shape index (κ1) is 18.7. The fourth-order valence-corrected chi connectivity index (χ4v) is 3.78. The Hall–Kier alpha value is -2.06. The van der Waals surface area contributed by atoms with Crippen LogP contribution >= 0.6 is 38.5 Å². The third kappa shape index (κ3) is 4.76. The van der Waals surface area contributed by atoms with E-state index < -0.39 is 0 Å². The van der Waals surface area contributed by atoms with Crippen molar-refractivity contribution in [3.63, 3.8) is 0 Å². The van der Waals surface area contributed by atoms with Crippen molar-refractivity contribution < 1.29 is 14.6 Å². The Bertz CT molecular complexity index is 942. The zero-order valence-corrected chi connectivity index (χ0v) is 17.6. The number of methoxy groups -OCH3 is 1. The van der Waals surface area contributed by atoms with Crippen molar-refractivity contribution >= 4 is 50.4 Å². The molecule has 0 amide bonds. The average Bonchev–Trinajstić information content (AvgIpc) is 2.65. The van der Waals surface area contributed by atoms with E-state index in [4.69, 9.17) is 9.47 Å². The van der Waals surface area contributed by atoms with E-state index in [1.807, 2.05) is 60.7 Å². The summed E-state index contributed by atoms with van der Waals surface area (Å²) < 4.78 is 12.7. The van der Waals surface area contributed by atoms with E-state index in [0.717, 1.165) is 19.5 Å². The summed E-state index contributed by atoms with van der Waals surface area (Å²) in [6.45, 7) is 0. The van der Waals surface area contributed by atoms with Crippen molar-refractivity contribution in [1.29, 1.82) is 0 Å². The molecule has 0 saturated carbocycles. The van der Waals surface area contributed by atoms with Crippen LogP contribution in [0.15, 0.2) is 70.1 Å². The molecule has 26 heavy (non-hydrogen) atoms. The second kappa shape index (κ2) is 8.55. The van der Waals surface area contributed by atoms with Crippen molar-refractivity contribution in [3.05, 3.63) is 74.3 Å². The molecule has 132 valence electrons. The molecule has 0 aromatic heterocycles. The van der Waals surface area contributed by atoms with Gasteiger partial charge in [-0.15, -0.1) is 0 Å². The highest BCUT2D eigenvalue weighted by Gasteiger charge is 2.05. The number of rotatable bonds is 5. The van der Waals surface area contributed by atoms with Gasteiger partial charge in [-0.2, -0.15) is 0 Å². The number of hydrogen-bond donors (Lipinski definition) is 1. The Labute approximate surface area is 173 Å². The zero-order chi connectivity index (χ0) is 18.5. The molecule has 0 bridgehead atoms. The highest BCUT2D eigenvalue weighted by molar-refractivity contribution is 14.1. The average molecular weight is 524 g/mol. The summed E-state index contributed by atoms with van der Waals surface area (Å²) in [4.78, 5) is 4.41. The lowest BCUT2D eigenvalue weighted by molar-refractivity contribution is 0.409. The molecule has 3 rings (SSSR count). The van der Waals surface area contributed by atoms with Crippen molar-refractivity contribution in [2.24, 2.45) is 4.99 Å². The van der Waals surface area contributed by atoms with Gasteiger partial charge in [0, 0.05) is 22.3 Å². The number of aliphatic imine (C=N–C) groups is 1. The number of hydrogen-bond acceptors (Lipinski definition) is 4. The highest BCUT2D eigenvalue weighted by Crippen LogP contribution is 2.29. The van der Waals surface area contributed by atoms with E-state index in [2.05, 4.69) is 43.5 Å². The molecule has 3 aromatic rings. The largest absolute Gasteiger partial charge is 0.506 e. The number of halogens is 2. The van der Waals surface area contributed by atoms with Crippen LogP contribution < -0.4 is 9.47 Å². The van der Waals surface area contributed by atoms with Gasteiger partial charge in [0.15, 0.2) is 0 Å². The lowest BCUT2D eigenvalue weighted by atomic mass is 10.2. The van der Waals surface area contributed by atoms with Crippen LogP contribution in [0.2, 0.25) is 0 Å². The van der Waals surface area contributed by atoms with Gasteiger partial charge in [-0.05, 0) is 71.1 Å². The van der Waals surface area contributed by atoms with Crippen molar-refractivity contribution in [1.82, 2.24) is 0 Å². The predicted octanol–water partition coefficient (Wildman–Crippen LogP) is 6.31. The molecule has 3 aromatic carbocycles. The van der Waals surface area contributed by atoms with Gasteiger partial charge in [0.25, 0.3) is 0 Å². The second-order valence-corrected chi connectivity index (χ2v) is 7.44. The molecule has 0 atom stereocenters. The number of ether oxygens (including phenoxy) is 2. The number of aromatic hydroxyl groups is 1. The van der Waals surface area contributed by atoms with Gasteiger partial charge in [0.2, 0.25) is 0 Å². The summed E-state index contributed by atoms with van der Waals surface area (Å²) >= 11 is 5.50. The Kier molecular flexibility index (Phi) is 6.16. The van der Waals surface area contributed by atoms with E-state index in [1.165, 1.54) is 0 Å². The normalized spacial score (nSPS) is 10.9. The fourth-order valence-electron chi connectivity index (χ4n) is 2.23. The van der Waals surface area contributed by atoms with E-state index >= 15 is 0 Å². The Morgan fingerprint density at radius 2 is 1.73 bits per heavy atom.